The van der Waals surface area contributed by atoms with Gasteiger partial charge in [-0.2, -0.15) is 12.6 Å². The zero-order chi connectivity index (χ0) is 25.6. The van der Waals surface area contributed by atoms with Gasteiger partial charge in [0.05, 0.1) is 0 Å². The van der Waals surface area contributed by atoms with Gasteiger partial charge < -0.3 is 9.80 Å². The molecule has 4 rings (SSSR count). The van der Waals surface area contributed by atoms with E-state index in [1.54, 1.807) is 12.3 Å². The molecular weight excluding hydrogens is 450 g/mol. The number of carbonyl (C=O) groups is 1. The van der Waals surface area contributed by atoms with Crippen LogP contribution in [0.2, 0.25) is 0 Å². The molecule has 0 aliphatic carbocycles. The molecule has 2 aliphatic heterocycles. The van der Waals surface area contributed by atoms with Gasteiger partial charge in [0, 0.05) is 56.2 Å². The van der Waals surface area contributed by atoms with E-state index in [1.165, 1.54) is 16.8 Å². The molecule has 1 amide bonds. The predicted molar refractivity (Wildman–Crippen MR) is 154 cm³/mol. The van der Waals surface area contributed by atoms with Crippen molar-refractivity contribution >= 4 is 24.2 Å². The molecule has 4 nitrogen and oxygen atoms in total. The highest BCUT2D eigenvalue weighted by molar-refractivity contribution is 7.79. The number of hydrogen-bond acceptors (Lipinski definition) is 4. The summed E-state index contributed by atoms with van der Waals surface area (Å²) in [5, 5.41) is 0. The Bertz CT molecular complexity index is 992. The summed E-state index contributed by atoms with van der Waals surface area (Å²) < 4.78 is 0. The minimum absolute atomic E-state index is 0.0701. The highest BCUT2D eigenvalue weighted by Crippen LogP contribution is 2.29. The fourth-order valence-electron chi connectivity index (χ4n) is 4.49. The quantitative estimate of drug-likeness (QED) is 0.487. The topological polar surface area (TPSA) is 26.8 Å². The van der Waals surface area contributed by atoms with Crippen LogP contribution < -0.4 is 4.90 Å². The largest absolute Gasteiger partial charge is 0.369 e. The van der Waals surface area contributed by atoms with Crippen LogP contribution in [0.15, 0.2) is 90.7 Å². The number of rotatable bonds is 5. The van der Waals surface area contributed by atoms with E-state index in [1.807, 2.05) is 43.9 Å². The van der Waals surface area contributed by atoms with Crippen molar-refractivity contribution < 1.29 is 4.79 Å². The molecular formula is C30H41N3OS. The van der Waals surface area contributed by atoms with Crippen LogP contribution in [0.4, 0.5) is 5.69 Å². The molecule has 2 aliphatic rings. The number of para-hydroxylation sites is 1. The van der Waals surface area contributed by atoms with Crippen molar-refractivity contribution in [2.45, 2.75) is 33.7 Å². The Balaban J connectivity index is 0.00000103. The first-order valence-corrected chi connectivity index (χ1v) is 13.4. The first-order valence-electron chi connectivity index (χ1n) is 12.6. The molecule has 0 aromatic heterocycles. The van der Waals surface area contributed by atoms with E-state index in [9.17, 15) is 4.79 Å². The van der Waals surface area contributed by atoms with E-state index in [0.29, 0.717) is 0 Å². The predicted octanol–water partition coefficient (Wildman–Crippen LogP) is 6.44. The molecule has 2 heterocycles. The van der Waals surface area contributed by atoms with Crippen LogP contribution in [0, 0.1) is 0 Å². The van der Waals surface area contributed by atoms with Gasteiger partial charge in [-0.3, -0.25) is 9.69 Å². The van der Waals surface area contributed by atoms with Gasteiger partial charge in [-0.05, 0) is 61.1 Å². The molecule has 0 unspecified atom stereocenters. The molecule has 2 saturated heterocycles. The average Bonchev–Trinajstić information content (AvgIpc) is 3.34. The van der Waals surface area contributed by atoms with E-state index in [4.69, 9.17) is 0 Å². The van der Waals surface area contributed by atoms with Crippen LogP contribution in [0.25, 0.3) is 0 Å². The molecule has 188 valence electrons. The number of anilines is 1. The summed E-state index contributed by atoms with van der Waals surface area (Å²) >= 11 is 3.53. The Hall–Kier alpha value is -2.76. The second-order valence-electron chi connectivity index (χ2n) is 8.11. The molecule has 2 aromatic carbocycles. The number of hydrogen-bond donors (Lipinski definition) is 1. The molecule has 2 fully saturated rings. The summed E-state index contributed by atoms with van der Waals surface area (Å²) in [4.78, 5) is 20.0. The number of nitrogens with zero attached hydrogens (tertiary/aromatic N) is 3. The summed E-state index contributed by atoms with van der Waals surface area (Å²) in [6.45, 7) is 15.5. The molecule has 0 bridgehead atoms. The van der Waals surface area contributed by atoms with Crippen LogP contribution in [0.5, 0.6) is 0 Å². The molecule has 5 heteroatoms. The Morgan fingerprint density at radius 1 is 0.971 bits per heavy atom. The van der Waals surface area contributed by atoms with E-state index in [0.717, 1.165) is 56.9 Å². The van der Waals surface area contributed by atoms with E-state index in [2.05, 4.69) is 77.5 Å². The molecule has 0 saturated carbocycles. The van der Waals surface area contributed by atoms with Gasteiger partial charge in [0.25, 0.3) is 5.91 Å². The zero-order valence-corrected chi connectivity index (χ0v) is 22.7. The number of piperazine rings is 1. The van der Waals surface area contributed by atoms with Crippen molar-refractivity contribution in [2.24, 2.45) is 0 Å². The fraction of sp³-hybridized carbons (Fsp3) is 0.367. The fourth-order valence-corrected chi connectivity index (χ4v) is 4.49. The number of likely N-dealkylation sites (tertiary alicyclic amines) is 1. The minimum atomic E-state index is 0.0701. The summed E-state index contributed by atoms with van der Waals surface area (Å²) in [7, 11) is 0. The minimum Gasteiger partial charge on any atom is -0.369 e. The molecule has 35 heavy (non-hydrogen) atoms. The number of allylic oxidation sites excluding steroid dienone is 4. The van der Waals surface area contributed by atoms with Gasteiger partial charge in [-0.25, -0.2) is 0 Å². The van der Waals surface area contributed by atoms with Gasteiger partial charge >= 0.3 is 0 Å². The van der Waals surface area contributed by atoms with Gasteiger partial charge in [-0.15, -0.1) is 0 Å². The summed E-state index contributed by atoms with van der Waals surface area (Å²) in [6.07, 6.45) is 8.38. The lowest BCUT2D eigenvalue weighted by Gasteiger charge is -2.36. The van der Waals surface area contributed by atoms with Crippen LogP contribution >= 0.6 is 12.6 Å². The molecule has 0 N–H and O–H groups in total. The first-order chi connectivity index (χ1) is 17.2. The second-order valence-corrected chi connectivity index (χ2v) is 8.11. The number of benzene rings is 2. The van der Waals surface area contributed by atoms with E-state index < -0.39 is 0 Å². The van der Waals surface area contributed by atoms with Gasteiger partial charge in [0.1, 0.15) is 0 Å². The van der Waals surface area contributed by atoms with Crippen LogP contribution in [-0.2, 0) is 6.54 Å². The SMILES string of the molecule is C=C/C=C1\C(=C/C)CCN1C(=O)c1cccc(CN2CCN(c3ccccc3)CC2)c1.CC.CS. The Morgan fingerprint density at radius 3 is 2.29 bits per heavy atom. The van der Waals surface area contributed by atoms with Crippen LogP contribution in [-0.4, -0.2) is 54.7 Å². The number of thiol groups is 1. The lowest BCUT2D eigenvalue weighted by atomic mass is 10.1. The monoisotopic (exact) mass is 491 g/mol. The molecule has 2 aromatic rings. The first kappa shape index (κ1) is 28.5. The zero-order valence-electron chi connectivity index (χ0n) is 21.8. The lowest BCUT2D eigenvalue weighted by Crippen LogP contribution is -2.45. The summed E-state index contributed by atoms with van der Waals surface area (Å²) in [6, 6.07) is 18.7. The third kappa shape index (κ3) is 7.61. The third-order valence-corrected chi connectivity index (χ3v) is 6.17. The van der Waals surface area contributed by atoms with Gasteiger partial charge in [0.15, 0.2) is 0 Å². The second kappa shape index (κ2) is 15.3. The van der Waals surface area contributed by atoms with Crippen molar-refractivity contribution in [3.63, 3.8) is 0 Å². The number of carbonyl (C=O) groups excluding carboxylic acids is 1. The van der Waals surface area contributed by atoms with Crippen LogP contribution in [0.1, 0.15) is 43.1 Å². The average molecular weight is 492 g/mol. The Labute approximate surface area is 218 Å². The maximum Gasteiger partial charge on any atom is 0.258 e. The van der Waals surface area contributed by atoms with Crippen molar-refractivity contribution in [3.05, 3.63) is 102 Å². The number of amides is 1. The summed E-state index contributed by atoms with van der Waals surface area (Å²) in [5.41, 5.74) is 5.43. The Morgan fingerprint density at radius 2 is 1.66 bits per heavy atom. The highest BCUT2D eigenvalue weighted by atomic mass is 32.1. The maximum absolute atomic E-state index is 13.2. The van der Waals surface area contributed by atoms with Crippen LogP contribution in [0.3, 0.4) is 0 Å². The molecule has 0 radical (unpaired) electrons. The standard InChI is InChI=1S/C27H31N3O.C2H6.CH4S/c1-3-9-26-23(4-2)14-15-30(26)27(31)24-11-8-10-22(20-24)21-28-16-18-29(19-17-28)25-12-6-5-7-13-25;2*1-2/h3-13,20H,1,14-19,21H2,2H3;1-2H3;2H,1H3/b23-4-,26-9+;;. The summed E-state index contributed by atoms with van der Waals surface area (Å²) in [5.74, 6) is 0.0701. The van der Waals surface area contributed by atoms with Gasteiger partial charge in [-0.1, -0.05) is 62.9 Å². The van der Waals surface area contributed by atoms with E-state index in [-0.39, 0.29) is 5.91 Å². The lowest BCUT2D eigenvalue weighted by molar-refractivity contribution is 0.0826. The van der Waals surface area contributed by atoms with Crippen molar-refractivity contribution in [3.8, 4) is 0 Å². The normalized spacial score (nSPS) is 18.0. The Kier molecular flexibility index (Phi) is 12.4. The van der Waals surface area contributed by atoms with Crippen molar-refractivity contribution in [1.82, 2.24) is 9.80 Å². The van der Waals surface area contributed by atoms with E-state index >= 15 is 0 Å². The molecule has 0 spiro atoms. The van der Waals surface area contributed by atoms with Gasteiger partial charge in [0.2, 0.25) is 0 Å². The third-order valence-electron chi connectivity index (χ3n) is 6.17. The van der Waals surface area contributed by atoms with Crippen molar-refractivity contribution in [2.75, 3.05) is 43.9 Å². The molecule has 0 atom stereocenters. The van der Waals surface area contributed by atoms with Crippen molar-refractivity contribution in [1.29, 1.82) is 0 Å². The maximum atomic E-state index is 13.2. The highest BCUT2D eigenvalue weighted by Gasteiger charge is 2.27. The smallest absolute Gasteiger partial charge is 0.258 e.